The summed E-state index contributed by atoms with van der Waals surface area (Å²) in [6.45, 7) is 7.89. The fourth-order valence-electron chi connectivity index (χ4n) is 4.89. The average molecular weight is 437 g/mol. The Labute approximate surface area is 196 Å². The van der Waals surface area contributed by atoms with Crippen molar-refractivity contribution in [3.05, 3.63) is 78.0 Å². The van der Waals surface area contributed by atoms with Crippen LogP contribution in [0, 0.1) is 12.3 Å². The molecule has 0 amide bonds. The van der Waals surface area contributed by atoms with Gasteiger partial charge in [0, 0.05) is 36.4 Å². The van der Waals surface area contributed by atoms with Crippen LogP contribution in [0.4, 0.5) is 0 Å². The van der Waals surface area contributed by atoms with E-state index in [9.17, 15) is 0 Å². The number of para-hydroxylation sites is 1. The molecule has 0 N–H and O–H groups in total. The van der Waals surface area contributed by atoms with Crippen LogP contribution in [0.2, 0.25) is 0 Å². The Morgan fingerprint density at radius 3 is 2.36 bits per heavy atom. The molecule has 0 saturated heterocycles. The number of aromatic nitrogens is 1. The van der Waals surface area contributed by atoms with Gasteiger partial charge in [0.05, 0.1) is 5.56 Å². The van der Waals surface area contributed by atoms with Gasteiger partial charge in [-0.3, -0.25) is 0 Å². The Morgan fingerprint density at radius 1 is 0.848 bits per heavy atom. The van der Waals surface area contributed by atoms with E-state index >= 15 is 0 Å². The molecule has 0 aliphatic rings. The van der Waals surface area contributed by atoms with Gasteiger partial charge in [-0.2, -0.15) is 0 Å². The standard InChI is InChI=1S/C30H28NO2/c1-18-10-11-21-28-25(13-12-24-27(28)20-8-6-7-9-23(20)32-24)33-29(21)26(18)22-16-19(14-15-31(22)5)17-30(2,3)4/h6-16H,17H2,1-5H3/q+1/i17D2. The zero-order valence-corrected chi connectivity index (χ0v) is 19.6. The van der Waals surface area contributed by atoms with Gasteiger partial charge in [0.15, 0.2) is 6.20 Å². The van der Waals surface area contributed by atoms with Crippen LogP contribution in [0.25, 0.3) is 55.1 Å². The second-order valence-corrected chi connectivity index (χ2v) is 9.93. The van der Waals surface area contributed by atoms with Gasteiger partial charge in [-0.15, -0.1) is 0 Å². The monoisotopic (exact) mass is 436 g/mol. The van der Waals surface area contributed by atoms with Crippen molar-refractivity contribution >= 4 is 43.9 Å². The van der Waals surface area contributed by atoms with Gasteiger partial charge in [-0.25, -0.2) is 4.57 Å². The van der Waals surface area contributed by atoms with Crippen molar-refractivity contribution in [3.63, 3.8) is 0 Å². The lowest BCUT2D eigenvalue weighted by atomic mass is 9.87. The topological polar surface area (TPSA) is 30.2 Å². The van der Waals surface area contributed by atoms with Gasteiger partial charge in [-0.1, -0.05) is 51.1 Å². The highest BCUT2D eigenvalue weighted by molar-refractivity contribution is 6.26. The summed E-state index contributed by atoms with van der Waals surface area (Å²) in [5, 5.41) is 4.22. The highest BCUT2D eigenvalue weighted by atomic mass is 16.3. The number of benzene rings is 3. The maximum Gasteiger partial charge on any atom is 0.216 e. The molecule has 0 spiro atoms. The largest absolute Gasteiger partial charge is 0.456 e. The second-order valence-electron chi connectivity index (χ2n) is 9.93. The van der Waals surface area contributed by atoms with E-state index in [0.717, 1.165) is 60.7 Å². The first-order chi connectivity index (χ1) is 16.6. The maximum atomic E-state index is 8.83. The number of furan rings is 2. The van der Waals surface area contributed by atoms with Crippen molar-refractivity contribution in [1.82, 2.24) is 0 Å². The van der Waals surface area contributed by atoms with E-state index in [1.807, 2.05) is 81.0 Å². The summed E-state index contributed by atoms with van der Waals surface area (Å²) >= 11 is 0. The normalized spacial score (nSPS) is 13.8. The van der Waals surface area contributed by atoms with Crippen molar-refractivity contribution in [2.45, 2.75) is 34.1 Å². The van der Waals surface area contributed by atoms with E-state index < -0.39 is 11.8 Å². The molecule has 3 nitrogen and oxygen atoms in total. The molecule has 3 aromatic carbocycles. The van der Waals surface area contributed by atoms with Gasteiger partial charge in [0.25, 0.3) is 0 Å². The van der Waals surface area contributed by atoms with E-state index in [1.165, 1.54) is 0 Å². The summed E-state index contributed by atoms with van der Waals surface area (Å²) < 4.78 is 32.4. The van der Waals surface area contributed by atoms with Crippen LogP contribution >= 0.6 is 0 Å². The minimum absolute atomic E-state index is 0.543. The minimum Gasteiger partial charge on any atom is -0.456 e. The van der Waals surface area contributed by atoms with Crippen molar-refractivity contribution in [2.24, 2.45) is 12.5 Å². The third-order valence-corrected chi connectivity index (χ3v) is 6.28. The molecule has 0 atom stereocenters. The predicted molar refractivity (Wildman–Crippen MR) is 136 cm³/mol. The lowest BCUT2D eigenvalue weighted by Gasteiger charge is -2.18. The molecule has 0 unspecified atom stereocenters. The van der Waals surface area contributed by atoms with Crippen LogP contribution in [0.15, 0.2) is 75.7 Å². The Morgan fingerprint density at radius 2 is 1.58 bits per heavy atom. The van der Waals surface area contributed by atoms with Crippen LogP contribution in [0.3, 0.4) is 0 Å². The molecule has 0 radical (unpaired) electrons. The highest BCUT2D eigenvalue weighted by Gasteiger charge is 2.24. The smallest absolute Gasteiger partial charge is 0.216 e. The van der Waals surface area contributed by atoms with E-state index in [4.69, 9.17) is 11.6 Å². The first kappa shape index (κ1) is 17.9. The van der Waals surface area contributed by atoms with Crippen LogP contribution in [-0.4, -0.2) is 0 Å². The van der Waals surface area contributed by atoms with Crippen LogP contribution in [0.1, 0.15) is 34.6 Å². The Kier molecular flexibility index (Phi) is 3.77. The van der Waals surface area contributed by atoms with Crippen LogP contribution in [0.5, 0.6) is 0 Å². The SMILES string of the molecule is [2H]C([2H])(c1cc[n+](C)c(-c2c(C)ccc3c2oc2ccc4oc5ccccc5c4c23)c1)C(C)(C)C. The number of hydrogen-bond acceptors (Lipinski definition) is 2. The lowest BCUT2D eigenvalue weighted by Crippen LogP contribution is -2.31. The van der Waals surface area contributed by atoms with Crippen molar-refractivity contribution in [2.75, 3.05) is 0 Å². The zero-order valence-electron chi connectivity index (χ0n) is 21.6. The fraction of sp³-hybridized carbons (Fsp3) is 0.233. The lowest BCUT2D eigenvalue weighted by molar-refractivity contribution is -0.660. The molecule has 0 aliphatic carbocycles. The van der Waals surface area contributed by atoms with Crippen LogP contribution < -0.4 is 4.57 Å². The molecule has 6 rings (SSSR count). The van der Waals surface area contributed by atoms with E-state index in [0.29, 0.717) is 5.56 Å². The first-order valence-corrected chi connectivity index (χ1v) is 11.3. The van der Waals surface area contributed by atoms with Gasteiger partial charge < -0.3 is 8.83 Å². The third kappa shape index (κ3) is 3.14. The van der Waals surface area contributed by atoms with E-state index in [1.54, 1.807) is 0 Å². The second kappa shape index (κ2) is 6.95. The van der Waals surface area contributed by atoms with Crippen LogP contribution in [-0.2, 0) is 13.4 Å². The number of nitrogens with zero attached hydrogens (tertiary/aromatic N) is 1. The molecule has 164 valence electrons. The van der Waals surface area contributed by atoms with Crippen molar-refractivity contribution in [1.29, 1.82) is 0 Å². The third-order valence-electron chi connectivity index (χ3n) is 6.28. The number of rotatable bonds is 2. The molecule has 0 saturated carbocycles. The van der Waals surface area contributed by atoms with Gasteiger partial charge >= 0.3 is 0 Å². The number of aryl methyl sites for hydroxylation is 2. The number of fused-ring (bicyclic) bond motifs is 7. The number of pyridine rings is 1. The van der Waals surface area contributed by atoms with Gasteiger partial charge in [-0.05, 0) is 48.0 Å². The molecule has 0 fully saturated rings. The zero-order chi connectivity index (χ0) is 24.7. The predicted octanol–water partition coefficient (Wildman–Crippen LogP) is 7.87. The number of hydrogen-bond donors (Lipinski definition) is 0. The Balaban J connectivity index is 1.70. The molecular formula is C30H28NO2+. The molecule has 0 aliphatic heterocycles. The highest BCUT2D eigenvalue weighted by Crippen LogP contribution is 2.43. The van der Waals surface area contributed by atoms with Gasteiger partial charge in [0.1, 0.15) is 29.4 Å². The summed E-state index contributed by atoms with van der Waals surface area (Å²) in [5.74, 6) is 0. The first-order valence-electron chi connectivity index (χ1n) is 12.3. The molecule has 3 heterocycles. The molecule has 0 bridgehead atoms. The summed E-state index contributed by atoms with van der Waals surface area (Å²) in [4.78, 5) is 0. The van der Waals surface area contributed by atoms with Crippen molar-refractivity contribution < 1.29 is 16.1 Å². The quantitative estimate of drug-likeness (QED) is 0.258. The fourth-order valence-corrected chi connectivity index (χ4v) is 4.89. The Bertz CT molecular complexity index is 1780. The Hall–Kier alpha value is -3.59. The molecule has 3 aromatic heterocycles. The van der Waals surface area contributed by atoms with Crippen molar-refractivity contribution in [3.8, 4) is 11.3 Å². The van der Waals surface area contributed by atoms with E-state index in [-0.39, 0.29) is 0 Å². The van der Waals surface area contributed by atoms with E-state index in [2.05, 4.69) is 25.1 Å². The van der Waals surface area contributed by atoms with Gasteiger partial charge in [0.2, 0.25) is 5.69 Å². The molecule has 3 heteroatoms. The maximum absolute atomic E-state index is 8.83. The summed E-state index contributed by atoms with van der Waals surface area (Å²) in [7, 11) is 1.99. The average Bonchev–Trinajstić information content (AvgIpc) is 3.36. The summed E-state index contributed by atoms with van der Waals surface area (Å²) in [6, 6.07) is 20.2. The minimum atomic E-state index is -1.49. The molecule has 33 heavy (non-hydrogen) atoms. The molecular weight excluding hydrogens is 406 g/mol. The summed E-state index contributed by atoms with van der Waals surface area (Å²) in [6.07, 6.45) is 0.449. The summed E-state index contributed by atoms with van der Waals surface area (Å²) in [5.41, 5.74) is 6.42. The molecule has 6 aromatic rings.